The van der Waals surface area contributed by atoms with Crippen molar-refractivity contribution < 1.29 is 17.9 Å². The summed E-state index contributed by atoms with van der Waals surface area (Å²) in [6, 6.07) is 11.0. The minimum atomic E-state index is -3.29. The summed E-state index contributed by atoms with van der Waals surface area (Å²) in [4.78, 5) is 12.2. The van der Waals surface area contributed by atoms with Gasteiger partial charge in [-0.3, -0.25) is 4.79 Å². The third-order valence-corrected chi connectivity index (χ3v) is 6.01. The van der Waals surface area contributed by atoms with Gasteiger partial charge in [-0.25, -0.2) is 8.42 Å². The maximum absolute atomic E-state index is 12.3. The van der Waals surface area contributed by atoms with Gasteiger partial charge in [0, 0.05) is 12.1 Å². The van der Waals surface area contributed by atoms with Crippen LogP contribution in [0.15, 0.2) is 36.4 Å². The van der Waals surface area contributed by atoms with E-state index in [1.165, 1.54) is 0 Å². The predicted octanol–water partition coefficient (Wildman–Crippen LogP) is 3.95. The molecule has 0 aromatic heterocycles. The molecule has 0 unspecified atom stereocenters. The van der Waals surface area contributed by atoms with Crippen LogP contribution in [0.4, 0.5) is 5.69 Å². The van der Waals surface area contributed by atoms with E-state index >= 15 is 0 Å². The van der Waals surface area contributed by atoms with Crippen LogP contribution in [-0.2, 0) is 20.4 Å². The van der Waals surface area contributed by atoms with Crippen molar-refractivity contribution in [3.05, 3.63) is 58.7 Å². The molecule has 0 aliphatic rings. The summed E-state index contributed by atoms with van der Waals surface area (Å²) in [7, 11) is -1.74. The Morgan fingerprint density at radius 1 is 1.07 bits per heavy atom. The summed E-state index contributed by atoms with van der Waals surface area (Å²) in [5.74, 6) is 0.387. The molecule has 2 aromatic rings. The van der Waals surface area contributed by atoms with Crippen molar-refractivity contribution in [2.45, 2.75) is 39.4 Å². The molecular formula is C21H27NO4S. The summed E-state index contributed by atoms with van der Waals surface area (Å²) in [5, 5.41) is 2.91. The molecule has 146 valence electrons. The Morgan fingerprint density at radius 2 is 1.74 bits per heavy atom. The van der Waals surface area contributed by atoms with Crippen LogP contribution in [0.5, 0.6) is 5.75 Å². The first-order valence-electron chi connectivity index (χ1n) is 8.91. The lowest BCUT2D eigenvalue weighted by Gasteiger charge is -2.13. The number of ether oxygens (including phenoxy) is 1. The Balaban J connectivity index is 1.88. The molecule has 2 aromatic carbocycles. The van der Waals surface area contributed by atoms with Crippen molar-refractivity contribution in [1.29, 1.82) is 0 Å². The number of carbonyl (C=O) groups excluding carboxylic acids is 1. The van der Waals surface area contributed by atoms with Gasteiger partial charge >= 0.3 is 0 Å². The molecule has 27 heavy (non-hydrogen) atoms. The number of amides is 1. The van der Waals surface area contributed by atoms with Crippen LogP contribution < -0.4 is 10.1 Å². The smallest absolute Gasteiger partial charge is 0.224 e. The largest absolute Gasteiger partial charge is 0.497 e. The van der Waals surface area contributed by atoms with Gasteiger partial charge in [0.1, 0.15) is 5.75 Å². The van der Waals surface area contributed by atoms with E-state index in [2.05, 4.69) is 5.32 Å². The van der Waals surface area contributed by atoms with E-state index in [4.69, 9.17) is 4.74 Å². The van der Waals surface area contributed by atoms with Crippen molar-refractivity contribution in [2.24, 2.45) is 0 Å². The van der Waals surface area contributed by atoms with Gasteiger partial charge in [0.2, 0.25) is 5.91 Å². The molecule has 0 radical (unpaired) electrons. The van der Waals surface area contributed by atoms with Gasteiger partial charge in [-0.1, -0.05) is 29.8 Å². The monoisotopic (exact) mass is 389 g/mol. The zero-order chi connectivity index (χ0) is 20.0. The van der Waals surface area contributed by atoms with Gasteiger partial charge < -0.3 is 10.1 Å². The third kappa shape index (κ3) is 6.40. The number of benzene rings is 2. The summed E-state index contributed by atoms with van der Waals surface area (Å²) in [6.07, 6.45) is 0.464. The van der Waals surface area contributed by atoms with Crippen LogP contribution in [-0.4, -0.2) is 27.2 Å². The fourth-order valence-electron chi connectivity index (χ4n) is 3.12. The van der Waals surface area contributed by atoms with E-state index in [1.54, 1.807) is 31.4 Å². The second kappa shape index (κ2) is 9.04. The number of methoxy groups -OCH3 is 1. The lowest BCUT2D eigenvalue weighted by molar-refractivity contribution is -0.116. The number of rotatable bonds is 8. The van der Waals surface area contributed by atoms with E-state index in [9.17, 15) is 13.2 Å². The highest BCUT2D eigenvalue weighted by atomic mass is 32.2. The van der Waals surface area contributed by atoms with Crippen LogP contribution in [0.1, 0.15) is 35.1 Å². The van der Waals surface area contributed by atoms with Crippen LogP contribution >= 0.6 is 0 Å². The van der Waals surface area contributed by atoms with E-state index in [0.29, 0.717) is 17.7 Å². The standard InChI is InChI=1S/C21H27NO4S/c1-15-11-16(2)21(17(3)12-15)22-20(23)9-6-10-27(24,25)14-18-7-5-8-19(13-18)26-4/h5,7-8,11-13H,6,9-10,14H2,1-4H3,(H,22,23). The maximum Gasteiger partial charge on any atom is 0.224 e. The lowest BCUT2D eigenvalue weighted by Crippen LogP contribution is -2.16. The summed E-state index contributed by atoms with van der Waals surface area (Å²) in [5.41, 5.74) is 4.65. The van der Waals surface area contributed by atoms with E-state index < -0.39 is 9.84 Å². The van der Waals surface area contributed by atoms with Gasteiger partial charge in [-0.2, -0.15) is 0 Å². The van der Waals surface area contributed by atoms with Crippen molar-refractivity contribution in [3.8, 4) is 5.75 Å². The maximum atomic E-state index is 12.3. The van der Waals surface area contributed by atoms with E-state index in [-0.39, 0.29) is 23.8 Å². The number of hydrogen-bond acceptors (Lipinski definition) is 4. The lowest BCUT2D eigenvalue weighted by atomic mass is 10.0. The van der Waals surface area contributed by atoms with Crippen LogP contribution in [0, 0.1) is 20.8 Å². The molecule has 5 nitrogen and oxygen atoms in total. The summed E-state index contributed by atoms with van der Waals surface area (Å²) in [6.45, 7) is 5.92. The van der Waals surface area contributed by atoms with Crippen molar-refractivity contribution >= 4 is 21.4 Å². The molecule has 0 saturated carbocycles. The van der Waals surface area contributed by atoms with Gasteiger partial charge in [-0.05, 0) is 56.0 Å². The van der Waals surface area contributed by atoms with Crippen molar-refractivity contribution in [3.63, 3.8) is 0 Å². The van der Waals surface area contributed by atoms with Crippen molar-refractivity contribution in [2.75, 3.05) is 18.2 Å². The molecule has 1 amide bonds. The van der Waals surface area contributed by atoms with Gasteiger partial charge in [0.25, 0.3) is 0 Å². The average Bonchev–Trinajstić information content (AvgIpc) is 2.57. The molecule has 0 atom stereocenters. The van der Waals surface area contributed by atoms with E-state index in [0.717, 1.165) is 22.4 Å². The first-order chi connectivity index (χ1) is 12.7. The van der Waals surface area contributed by atoms with Crippen LogP contribution in [0.3, 0.4) is 0 Å². The van der Waals surface area contributed by atoms with Crippen molar-refractivity contribution in [1.82, 2.24) is 0 Å². The number of anilines is 1. The highest BCUT2D eigenvalue weighted by Gasteiger charge is 2.14. The Hall–Kier alpha value is -2.34. The molecule has 0 spiro atoms. The number of aryl methyl sites for hydroxylation is 3. The predicted molar refractivity (Wildman–Crippen MR) is 109 cm³/mol. The zero-order valence-corrected chi connectivity index (χ0v) is 17.2. The number of carbonyl (C=O) groups is 1. The highest BCUT2D eigenvalue weighted by molar-refractivity contribution is 7.90. The highest BCUT2D eigenvalue weighted by Crippen LogP contribution is 2.22. The van der Waals surface area contributed by atoms with Crippen LogP contribution in [0.2, 0.25) is 0 Å². The molecule has 0 fully saturated rings. The molecule has 1 N–H and O–H groups in total. The Morgan fingerprint density at radius 3 is 2.37 bits per heavy atom. The average molecular weight is 390 g/mol. The Labute approximate surface area is 161 Å². The fraction of sp³-hybridized carbons (Fsp3) is 0.381. The number of hydrogen-bond donors (Lipinski definition) is 1. The minimum Gasteiger partial charge on any atom is -0.497 e. The summed E-state index contributed by atoms with van der Waals surface area (Å²) < 4.78 is 29.7. The normalized spacial score (nSPS) is 11.3. The molecule has 0 bridgehead atoms. The first-order valence-corrected chi connectivity index (χ1v) is 10.7. The van der Waals surface area contributed by atoms with E-state index in [1.807, 2.05) is 32.9 Å². The molecule has 0 heterocycles. The zero-order valence-electron chi connectivity index (χ0n) is 16.3. The van der Waals surface area contributed by atoms with Gasteiger partial charge in [0.05, 0.1) is 18.6 Å². The molecule has 6 heteroatoms. The molecule has 0 aliphatic carbocycles. The molecule has 0 aliphatic heterocycles. The van der Waals surface area contributed by atoms with Crippen LogP contribution in [0.25, 0.3) is 0 Å². The molecule has 0 saturated heterocycles. The first kappa shape index (κ1) is 21.0. The Kier molecular flexibility index (Phi) is 7.02. The topological polar surface area (TPSA) is 72.5 Å². The summed E-state index contributed by atoms with van der Waals surface area (Å²) >= 11 is 0. The minimum absolute atomic E-state index is 0.0243. The SMILES string of the molecule is COc1cccc(CS(=O)(=O)CCCC(=O)Nc2c(C)cc(C)cc2C)c1. The van der Waals surface area contributed by atoms with Gasteiger partial charge in [0.15, 0.2) is 9.84 Å². The quantitative estimate of drug-likeness (QED) is 0.742. The third-order valence-electron chi connectivity index (χ3n) is 4.32. The molecular weight excluding hydrogens is 362 g/mol. The van der Waals surface area contributed by atoms with Gasteiger partial charge in [-0.15, -0.1) is 0 Å². The number of nitrogens with one attached hydrogen (secondary N) is 1. The number of sulfone groups is 1. The second-order valence-corrected chi connectivity index (χ2v) is 9.05. The molecule has 2 rings (SSSR count). The second-order valence-electron chi connectivity index (χ2n) is 6.87. The Bertz CT molecular complexity index is 897. The fourth-order valence-corrected chi connectivity index (χ4v) is 4.54.